The zero-order chi connectivity index (χ0) is 92.1. The Bertz CT molecular complexity index is 5160. The van der Waals surface area contributed by atoms with Crippen molar-refractivity contribution >= 4 is 103 Å². The van der Waals surface area contributed by atoms with E-state index in [0.717, 1.165) is 42.5 Å². The number of allylic oxidation sites excluding steroid dienone is 2. The molecule has 126 heavy (non-hydrogen) atoms. The molecule has 0 radical (unpaired) electrons. The maximum Gasteiger partial charge on any atom is 0.410 e. The Morgan fingerprint density at radius 3 is 1.32 bits per heavy atom. The summed E-state index contributed by atoms with van der Waals surface area (Å²) in [4.78, 5) is 181. The first-order chi connectivity index (χ1) is 59.2. The lowest BCUT2D eigenvalue weighted by atomic mass is 9.85. The van der Waals surface area contributed by atoms with E-state index in [1.54, 1.807) is 144 Å². The molecule has 0 unspecified atom stereocenters. The van der Waals surface area contributed by atoms with Gasteiger partial charge in [0.1, 0.15) is 90.0 Å². The third-order valence-corrected chi connectivity index (χ3v) is 25.3. The predicted molar refractivity (Wildman–Crippen MR) is 481 cm³/mol. The van der Waals surface area contributed by atoms with Crippen LogP contribution in [0.25, 0.3) is 21.5 Å². The van der Waals surface area contributed by atoms with E-state index in [9.17, 15) is 37.2 Å². The second-order valence-electron chi connectivity index (χ2n) is 38.2. The number of Topliss-reactive ketones (excluding diaryl/α,β-unsaturated/α-hetero) is 2. The zero-order valence-electron chi connectivity index (χ0n) is 75.7. The number of carbonyl (C=O) groups is 12. The molecule has 1 saturated carbocycles. The Hall–Kier alpha value is -11.5. The Labute approximate surface area is 740 Å². The monoisotopic (exact) mass is 1750 g/mol. The normalized spacial score (nSPS) is 22.1. The Balaban J connectivity index is 0.980. The molecule has 0 spiro atoms. The number of likely N-dealkylation sites (tertiary alicyclic amines) is 2. The van der Waals surface area contributed by atoms with Crippen molar-refractivity contribution in [2.45, 2.75) is 245 Å². The summed E-state index contributed by atoms with van der Waals surface area (Å²) in [5, 5.41) is 17.4. The van der Waals surface area contributed by atoms with Crippen molar-refractivity contribution in [2.75, 3.05) is 40.4 Å². The molecule has 28 nitrogen and oxygen atoms in total. The van der Waals surface area contributed by atoms with Crippen LogP contribution in [-0.2, 0) is 93.1 Å². The van der Waals surface area contributed by atoms with E-state index >= 15 is 28.8 Å². The molecule has 6 aromatic rings. The fourth-order valence-electron chi connectivity index (χ4n) is 15.7. The maximum atomic E-state index is 15.6. The van der Waals surface area contributed by atoms with Gasteiger partial charge in [-0.1, -0.05) is 175 Å². The fraction of sp³-hybridized carbons (Fsp3) is 0.505. The Morgan fingerprint density at radius 2 is 0.913 bits per heavy atom. The molecule has 8 bridgehead atoms. The molecular formula is C97H126N10O18S. The van der Waals surface area contributed by atoms with E-state index in [1.807, 2.05) is 97.1 Å². The molecule has 0 aromatic heterocycles. The standard InChI is InChI=1S/C97H126N10O18S/c1-59(104(16)92(118)124-96(10,11)12)84(110)101-82(94(4,5)6)90(116)106-57-66-26-22-25-47-123-74-42-36-63(37-43-74)51-78(87(113)103-126(120,121)75-44-45-75)99-86(112)77(53-65-33-39-69-29-19-21-31-71(69)50-65)100-89(115)80-55-67(58-107(80)91(117)83(95(7,8)9)102-85(111)60(2)105(17)93(119)125-97(13,14)15)27-23-24-46-122-73-40-34-62(35-41-73)48-72(61(3)108)56-81(109)76(98-88(114)79(106)54-66)52-64-32-38-68-28-18-20-30-70(68)49-64/h18-25,28-43,49-50,59-60,66-67,72,75-80,82-83H,26-27,44-48,51-58H2,1-17H3,(H,98,114)(H,99,112)(H,100,115)(H,101,110)(H,102,111)(H,103,113)/b24-23+,25-22+/t59-,60-,66-,67-,72+,76-,77-,78-,79-,80-,82+,83+/m0/s1. The number of sulfonamides is 1. The summed E-state index contributed by atoms with van der Waals surface area (Å²) in [6.07, 6.45) is 6.84. The van der Waals surface area contributed by atoms with Gasteiger partial charge in [0.05, 0.1) is 11.3 Å². The van der Waals surface area contributed by atoms with Gasteiger partial charge in [0, 0.05) is 52.4 Å². The highest BCUT2D eigenvalue weighted by molar-refractivity contribution is 7.91. The van der Waals surface area contributed by atoms with Gasteiger partial charge in [-0.15, -0.1) is 0 Å². The second kappa shape index (κ2) is 41.3. The number of carbonyl (C=O) groups excluding carboxylic acids is 12. The third kappa shape index (κ3) is 26.8. The molecule has 12 atom stereocenters. The molecule has 6 heterocycles. The van der Waals surface area contributed by atoms with E-state index in [4.69, 9.17) is 18.9 Å². The number of nitrogens with one attached hydrogen (secondary N) is 6. The van der Waals surface area contributed by atoms with Gasteiger partial charge in [0.25, 0.3) is 5.91 Å². The van der Waals surface area contributed by atoms with Crippen LogP contribution >= 0.6 is 0 Å². The van der Waals surface area contributed by atoms with Crippen LogP contribution in [0.3, 0.4) is 0 Å². The Morgan fingerprint density at radius 1 is 0.508 bits per heavy atom. The van der Waals surface area contributed by atoms with Crippen LogP contribution in [0.1, 0.15) is 171 Å². The number of amides is 10. The second-order valence-corrected chi connectivity index (χ2v) is 40.2. The average Bonchev–Trinajstić information content (AvgIpc) is 1.62. The molecule has 7 aliphatic rings. The summed E-state index contributed by atoms with van der Waals surface area (Å²) >= 11 is 0. The lowest BCUT2D eigenvalue weighted by Crippen LogP contribution is -2.61. The first-order valence-electron chi connectivity index (χ1n) is 43.5. The number of ketones is 2. The van der Waals surface area contributed by atoms with Gasteiger partial charge in [-0.3, -0.25) is 62.5 Å². The van der Waals surface area contributed by atoms with Crippen LogP contribution in [-0.4, -0.2) is 210 Å². The average molecular weight is 1750 g/mol. The van der Waals surface area contributed by atoms with Gasteiger partial charge in [-0.05, 0) is 204 Å². The quantitative estimate of drug-likeness (QED) is 0.0490. The minimum atomic E-state index is -4.19. The number of hydrogen-bond acceptors (Lipinski definition) is 18. The summed E-state index contributed by atoms with van der Waals surface area (Å²) in [7, 11) is -1.35. The maximum absolute atomic E-state index is 15.6. The topological polar surface area (TPSA) is 361 Å². The third-order valence-electron chi connectivity index (χ3n) is 23.5. The highest BCUT2D eigenvalue weighted by Crippen LogP contribution is 2.35. The van der Waals surface area contributed by atoms with Crippen LogP contribution in [0.4, 0.5) is 9.59 Å². The van der Waals surface area contributed by atoms with Crippen molar-refractivity contribution in [1.29, 1.82) is 0 Å². The molecule has 3 fully saturated rings. The van der Waals surface area contributed by atoms with Crippen LogP contribution < -0.4 is 40.8 Å². The van der Waals surface area contributed by atoms with Crippen molar-refractivity contribution in [3.05, 3.63) is 180 Å². The number of hydrogen-bond donors (Lipinski definition) is 6. The van der Waals surface area contributed by atoms with Crippen molar-refractivity contribution in [1.82, 2.24) is 50.9 Å². The molecule has 29 heteroatoms. The molecule has 1 aliphatic carbocycles. The molecule has 2 saturated heterocycles. The zero-order valence-corrected chi connectivity index (χ0v) is 76.5. The van der Waals surface area contributed by atoms with Crippen LogP contribution in [0.2, 0.25) is 0 Å². The van der Waals surface area contributed by atoms with E-state index in [-0.39, 0.29) is 83.0 Å². The first kappa shape index (κ1) is 96.7. The number of nitrogens with zero attached hydrogens (tertiary/aromatic N) is 4. The lowest BCUT2D eigenvalue weighted by molar-refractivity contribution is -0.145. The largest absolute Gasteiger partial charge is 0.490 e. The Kier molecular flexibility index (Phi) is 31.7. The van der Waals surface area contributed by atoms with Crippen molar-refractivity contribution < 1.29 is 84.9 Å². The van der Waals surface area contributed by atoms with Crippen molar-refractivity contribution in [2.24, 2.45) is 28.6 Å². The van der Waals surface area contributed by atoms with Crippen molar-refractivity contribution in [3.63, 3.8) is 0 Å². The summed E-state index contributed by atoms with van der Waals surface area (Å²) in [5.74, 6) is -7.14. The number of rotatable bonds is 16. The molecule has 6 aromatic carbocycles. The number of likely N-dealkylation sites (N-methyl/N-ethyl adjacent to an activating group) is 2. The summed E-state index contributed by atoms with van der Waals surface area (Å²) in [6.45, 7) is 25.4. The lowest BCUT2D eigenvalue weighted by Gasteiger charge is -2.37. The smallest absolute Gasteiger partial charge is 0.410 e. The van der Waals surface area contributed by atoms with E-state index in [1.165, 1.54) is 44.7 Å². The van der Waals surface area contributed by atoms with Gasteiger partial charge in [-0.2, -0.15) is 0 Å². The SMILES string of the molecule is CC(=O)[C@H]1CC(=O)[C@H](Cc2ccc3ccccc3c2)NC(=O)[C@@H]2C[C@H](C/C=C/COc3ccc(cc3)C[C@@H](C(=O)NS(=O)(=O)C3CC3)NC(=O)[C@H](Cc3ccc4ccccc4c3)NC(=O)[C@@H]3C[C@H](C/C=C/COc4ccc(cc4)C1)CN3C(=O)[C@@H](NC(=O)[C@H](C)N(C)C(=O)OC(C)(C)C)C(C)(C)C)CN2C(=O)[C@@H](NC(=O)[C@H](C)N(C)C(=O)OC(C)(C)C)C(C)(C)C. The highest BCUT2D eigenvalue weighted by atomic mass is 32.2. The molecule has 6 aliphatic heterocycles. The highest BCUT2D eigenvalue weighted by Gasteiger charge is 2.49. The van der Waals surface area contributed by atoms with Crippen LogP contribution in [0.15, 0.2) is 158 Å². The van der Waals surface area contributed by atoms with Crippen LogP contribution in [0, 0.1) is 28.6 Å². The summed E-state index contributed by atoms with van der Waals surface area (Å²) < 4.78 is 53.0. The summed E-state index contributed by atoms with van der Waals surface area (Å²) in [6, 6.07) is 29.0. The molecular weight excluding hydrogens is 1630 g/mol. The van der Waals surface area contributed by atoms with E-state index in [0.29, 0.717) is 48.3 Å². The first-order valence-corrected chi connectivity index (χ1v) is 45.1. The van der Waals surface area contributed by atoms with Gasteiger partial charge in [0.2, 0.25) is 51.4 Å². The van der Waals surface area contributed by atoms with E-state index < -0.39 is 169 Å². The molecule has 6 N–H and O–H groups in total. The molecule has 10 amide bonds. The molecule has 678 valence electrons. The van der Waals surface area contributed by atoms with E-state index in [2.05, 4.69) is 31.3 Å². The minimum absolute atomic E-state index is 0.00945. The number of benzene rings is 6. The van der Waals surface area contributed by atoms with Crippen LogP contribution in [0.5, 0.6) is 11.5 Å². The minimum Gasteiger partial charge on any atom is -0.490 e. The van der Waals surface area contributed by atoms with Gasteiger partial charge >= 0.3 is 12.2 Å². The van der Waals surface area contributed by atoms with Gasteiger partial charge in [-0.25, -0.2) is 18.0 Å². The fourth-order valence-corrected chi connectivity index (χ4v) is 17.1. The van der Waals surface area contributed by atoms with Crippen molar-refractivity contribution in [3.8, 4) is 11.5 Å². The van der Waals surface area contributed by atoms with Gasteiger partial charge in [0.15, 0.2) is 5.78 Å². The van der Waals surface area contributed by atoms with Gasteiger partial charge < -0.3 is 55.3 Å². The predicted octanol–water partition coefficient (Wildman–Crippen LogP) is 11.2. The molecule has 13 rings (SSSR count). The number of fused-ring (bicyclic) bond motifs is 2. The number of ether oxygens (including phenoxy) is 4. The summed E-state index contributed by atoms with van der Waals surface area (Å²) in [5.41, 5.74) is -1.18.